The van der Waals surface area contributed by atoms with Crippen LogP contribution in [0.3, 0.4) is 0 Å². The molecule has 0 aliphatic carbocycles. The first kappa shape index (κ1) is 14.2. The van der Waals surface area contributed by atoms with Crippen LogP contribution in [-0.2, 0) is 0 Å². The average Bonchev–Trinajstić information content (AvgIpc) is 2.36. The quantitative estimate of drug-likeness (QED) is 0.830. The van der Waals surface area contributed by atoms with E-state index in [-0.39, 0.29) is 5.91 Å². The van der Waals surface area contributed by atoms with Crippen LogP contribution in [0.15, 0.2) is 39.4 Å². The van der Waals surface area contributed by atoms with Crippen LogP contribution in [0.25, 0.3) is 0 Å². The molecule has 0 aliphatic heterocycles. The minimum atomic E-state index is -0.214. The summed E-state index contributed by atoms with van der Waals surface area (Å²) < 4.78 is 1.91. The van der Waals surface area contributed by atoms with E-state index < -0.39 is 0 Å². The molecule has 2 rings (SSSR count). The molecule has 1 amide bonds. The minimum Gasteiger partial charge on any atom is -0.321 e. The smallest absolute Gasteiger partial charge is 0.274 e. The van der Waals surface area contributed by atoms with Gasteiger partial charge in [-0.05, 0) is 65.2 Å². The Morgan fingerprint density at radius 3 is 2.32 bits per heavy atom. The van der Waals surface area contributed by atoms with Crippen molar-refractivity contribution < 1.29 is 4.79 Å². The fraction of sp³-hybridized carbons (Fsp3) is 0.143. The predicted molar refractivity (Wildman–Crippen MR) is 83.5 cm³/mol. The molecule has 0 saturated heterocycles. The maximum Gasteiger partial charge on any atom is 0.274 e. The van der Waals surface area contributed by atoms with Gasteiger partial charge in [0.05, 0.1) is 0 Å². The fourth-order valence-electron chi connectivity index (χ4n) is 1.72. The first-order chi connectivity index (χ1) is 8.97. The Hall–Kier alpha value is -1.20. The van der Waals surface area contributed by atoms with E-state index in [2.05, 4.69) is 42.2 Å². The number of aromatic nitrogens is 1. The third-order valence-corrected chi connectivity index (χ3v) is 4.37. The van der Waals surface area contributed by atoms with Gasteiger partial charge in [0.25, 0.3) is 5.91 Å². The van der Waals surface area contributed by atoms with Gasteiger partial charge in [0.1, 0.15) is 5.69 Å². The molecule has 0 spiro atoms. The van der Waals surface area contributed by atoms with Crippen molar-refractivity contribution in [3.8, 4) is 0 Å². The molecule has 1 heterocycles. The summed E-state index contributed by atoms with van der Waals surface area (Å²) >= 11 is 6.79. The van der Waals surface area contributed by atoms with Crippen LogP contribution >= 0.6 is 31.9 Å². The Morgan fingerprint density at radius 1 is 1.16 bits per heavy atom. The van der Waals surface area contributed by atoms with Crippen molar-refractivity contribution in [2.24, 2.45) is 0 Å². The van der Waals surface area contributed by atoms with Crippen molar-refractivity contribution >= 4 is 43.5 Å². The summed E-state index contributed by atoms with van der Waals surface area (Å²) in [5, 5.41) is 2.85. The molecule has 98 valence electrons. The van der Waals surface area contributed by atoms with Gasteiger partial charge in [-0.2, -0.15) is 0 Å². The highest BCUT2D eigenvalue weighted by Gasteiger charge is 2.09. The number of benzene rings is 1. The number of nitrogens with one attached hydrogen (secondary N) is 1. The summed E-state index contributed by atoms with van der Waals surface area (Å²) in [6.45, 7) is 3.98. The van der Waals surface area contributed by atoms with Gasteiger partial charge in [0.15, 0.2) is 0 Å². The van der Waals surface area contributed by atoms with E-state index in [1.807, 2.05) is 26.0 Å². The van der Waals surface area contributed by atoms with Crippen LogP contribution in [0.4, 0.5) is 5.69 Å². The van der Waals surface area contributed by atoms with E-state index in [9.17, 15) is 4.79 Å². The number of hydrogen-bond acceptors (Lipinski definition) is 2. The Morgan fingerprint density at radius 2 is 1.79 bits per heavy atom. The second kappa shape index (κ2) is 5.84. The zero-order valence-corrected chi connectivity index (χ0v) is 13.7. The number of pyridine rings is 1. The Kier molecular flexibility index (Phi) is 4.37. The lowest BCUT2D eigenvalue weighted by Crippen LogP contribution is -2.13. The van der Waals surface area contributed by atoms with Gasteiger partial charge >= 0.3 is 0 Å². The number of nitrogens with zero attached hydrogens (tertiary/aromatic N) is 1. The molecule has 0 atom stereocenters. The number of aryl methyl sites for hydroxylation is 2. The summed E-state index contributed by atoms with van der Waals surface area (Å²) in [5.74, 6) is -0.214. The zero-order valence-electron chi connectivity index (χ0n) is 10.5. The van der Waals surface area contributed by atoms with Crippen LogP contribution in [0.2, 0.25) is 0 Å². The minimum absolute atomic E-state index is 0.214. The number of rotatable bonds is 2. The van der Waals surface area contributed by atoms with Crippen molar-refractivity contribution in [1.29, 1.82) is 0 Å². The van der Waals surface area contributed by atoms with E-state index >= 15 is 0 Å². The zero-order chi connectivity index (χ0) is 14.0. The lowest BCUT2D eigenvalue weighted by atomic mass is 10.1. The molecule has 1 aromatic carbocycles. The molecule has 0 saturated carbocycles. The number of amides is 1. The first-order valence-corrected chi connectivity index (χ1v) is 7.25. The fourth-order valence-corrected chi connectivity index (χ4v) is 2.19. The monoisotopic (exact) mass is 382 g/mol. The van der Waals surface area contributed by atoms with E-state index in [4.69, 9.17) is 0 Å². The highest BCUT2D eigenvalue weighted by Crippen LogP contribution is 2.25. The molecule has 0 unspecified atom stereocenters. The molecule has 0 fully saturated rings. The molecular weight excluding hydrogens is 372 g/mol. The van der Waals surface area contributed by atoms with Crippen LogP contribution in [0.5, 0.6) is 0 Å². The van der Waals surface area contributed by atoms with Crippen LogP contribution in [0.1, 0.15) is 21.6 Å². The lowest BCUT2D eigenvalue weighted by molar-refractivity contribution is 0.102. The number of anilines is 1. The van der Waals surface area contributed by atoms with E-state index in [0.717, 1.165) is 25.8 Å². The van der Waals surface area contributed by atoms with Gasteiger partial charge in [-0.15, -0.1) is 0 Å². The average molecular weight is 384 g/mol. The molecular formula is C14H12Br2N2O. The molecule has 5 heteroatoms. The Balaban J connectivity index is 2.22. The third kappa shape index (κ3) is 3.42. The van der Waals surface area contributed by atoms with Crippen molar-refractivity contribution in [2.75, 3.05) is 5.32 Å². The first-order valence-electron chi connectivity index (χ1n) is 5.67. The second-order valence-corrected chi connectivity index (χ2v) is 5.95. The van der Waals surface area contributed by atoms with Gasteiger partial charge in [-0.25, -0.2) is 4.98 Å². The third-order valence-electron chi connectivity index (χ3n) is 2.65. The van der Waals surface area contributed by atoms with Crippen molar-refractivity contribution in [3.63, 3.8) is 0 Å². The standard InChI is InChI=1S/C14H12Br2N2O/c1-8-5-11(6-9(2)13(8)16)18-14(19)12-4-3-10(15)7-17-12/h3-7H,1-2H3,(H,18,19). The summed E-state index contributed by atoms with van der Waals surface area (Å²) in [6, 6.07) is 7.32. The molecule has 0 bridgehead atoms. The molecule has 3 nitrogen and oxygen atoms in total. The summed E-state index contributed by atoms with van der Waals surface area (Å²) in [7, 11) is 0. The summed E-state index contributed by atoms with van der Waals surface area (Å²) in [6.07, 6.45) is 1.60. The van der Waals surface area contributed by atoms with E-state index in [1.165, 1.54) is 0 Å². The molecule has 2 aromatic rings. The Labute approximate surface area is 128 Å². The summed E-state index contributed by atoms with van der Waals surface area (Å²) in [5.41, 5.74) is 3.33. The van der Waals surface area contributed by atoms with Gasteiger partial charge in [-0.1, -0.05) is 15.9 Å². The topological polar surface area (TPSA) is 42.0 Å². The molecule has 1 N–H and O–H groups in total. The number of halogens is 2. The van der Waals surface area contributed by atoms with Crippen molar-refractivity contribution in [2.45, 2.75) is 13.8 Å². The number of carbonyl (C=O) groups excluding carboxylic acids is 1. The highest BCUT2D eigenvalue weighted by molar-refractivity contribution is 9.10. The maximum absolute atomic E-state index is 12.0. The molecule has 19 heavy (non-hydrogen) atoms. The number of carbonyl (C=O) groups is 1. The van der Waals surface area contributed by atoms with Crippen LogP contribution in [-0.4, -0.2) is 10.9 Å². The Bertz CT molecular complexity index is 601. The van der Waals surface area contributed by atoms with E-state index in [0.29, 0.717) is 5.69 Å². The normalized spacial score (nSPS) is 10.3. The van der Waals surface area contributed by atoms with Gasteiger partial charge in [0, 0.05) is 20.8 Å². The number of hydrogen-bond donors (Lipinski definition) is 1. The van der Waals surface area contributed by atoms with Crippen molar-refractivity contribution in [1.82, 2.24) is 4.98 Å². The van der Waals surface area contributed by atoms with E-state index in [1.54, 1.807) is 18.3 Å². The van der Waals surface area contributed by atoms with Gasteiger partial charge in [0.2, 0.25) is 0 Å². The van der Waals surface area contributed by atoms with Gasteiger partial charge in [-0.3, -0.25) is 4.79 Å². The summed E-state index contributed by atoms with van der Waals surface area (Å²) in [4.78, 5) is 16.1. The molecule has 1 aromatic heterocycles. The lowest BCUT2D eigenvalue weighted by Gasteiger charge is -2.09. The maximum atomic E-state index is 12.0. The van der Waals surface area contributed by atoms with Gasteiger partial charge < -0.3 is 5.32 Å². The SMILES string of the molecule is Cc1cc(NC(=O)c2ccc(Br)cn2)cc(C)c1Br. The molecule has 0 aliphatic rings. The van der Waals surface area contributed by atoms with Crippen LogP contribution < -0.4 is 5.32 Å². The highest BCUT2D eigenvalue weighted by atomic mass is 79.9. The molecule has 0 radical (unpaired) electrons. The predicted octanol–water partition coefficient (Wildman–Crippen LogP) is 4.48. The van der Waals surface area contributed by atoms with Crippen molar-refractivity contribution in [3.05, 3.63) is 56.2 Å². The largest absolute Gasteiger partial charge is 0.321 e. The van der Waals surface area contributed by atoms with Crippen LogP contribution in [0, 0.1) is 13.8 Å². The second-order valence-electron chi connectivity index (χ2n) is 4.24.